The van der Waals surface area contributed by atoms with Crippen LogP contribution in [0.15, 0.2) is 18.3 Å². The Morgan fingerprint density at radius 1 is 1.62 bits per heavy atom. The van der Waals surface area contributed by atoms with Crippen molar-refractivity contribution in [3.05, 3.63) is 24.0 Å². The number of nitrogens with zero attached hydrogens (tertiary/aromatic N) is 1. The predicted molar refractivity (Wildman–Crippen MR) is 60.5 cm³/mol. The fourth-order valence-electron chi connectivity index (χ4n) is 1.72. The minimum absolute atomic E-state index is 0.331. The van der Waals surface area contributed by atoms with E-state index in [0.29, 0.717) is 11.7 Å². The van der Waals surface area contributed by atoms with E-state index in [0.717, 1.165) is 25.2 Å². The molecule has 1 aromatic rings. The van der Waals surface area contributed by atoms with Crippen LogP contribution >= 0.6 is 0 Å². The number of rotatable bonds is 3. The number of esters is 1. The zero-order valence-corrected chi connectivity index (χ0v) is 9.19. The van der Waals surface area contributed by atoms with Gasteiger partial charge in [0.05, 0.1) is 19.0 Å². The number of anilines is 1. The van der Waals surface area contributed by atoms with Gasteiger partial charge >= 0.3 is 5.97 Å². The number of hydrogen-bond acceptors (Lipinski definition) is 5. The Balaban J connectivity index is 1.98. The van der Waals surface area contributed by atoms with Gasteiger partial charge in [0.2, 0.25) is 0 Å². The van der Waals surface area contributed by atoms with Gasteiger partial charge in [0.25, 0.3) is 0 Å². The van der Waals surface area contributed by atoms with Crippen LogP contribution in [0.3, 0.4) is 0 Å². The number of carbonyl (C=O) groups is 1. The second-order valence-electron chi connectivity index (χ2n) is 3.76. The van der Waals surface area contributed by atoms with Gasteiger partial charge in [-0.15, -0.1) is 0 Å². The maximum absolute atomic E-state index is 11.2. The van der Waals surface area contributed by atoms with Crippen molar-refractivity contribution >= 4 is 11.7 Å². The molecule has 0 saturated carbocycles. The van der Waals surface area contributed by atoms with Crippen LogP contribution in [0.1, 0.15) is 16.9 Å². The SMILES string of the molecule is COC(=O)c1ccc(NC2CCNC2)cn1. The zero-order valence-electron chi connectivity index (χ0n) is 9.19. The van der Waals surface area contributed by atoms with Crippen LogP contribution in [0.4, 0.5) is 5.69 Å². The molecule has 0 spiro atoms. The molecular weight excluding hydrogens is 206 g/mol. The molecule has 0 radical (unpaired) electrons. The number of aromatic nitrogens is 1. The molecule has 2 heterocycles. The number of ether oxygens (including phenoxy) is 1. The fourth-order valence-corrected chi connectivity index (χ4v) is 1.72. The molecule has 0 amide bonds. The molecule has 1 saturated heterocycles. The highest BCUT2D eigenvalue weighted by atomic mass is 16.5. The Bertz CT molecular complexity index is 358. The lowest BCUT2D eigenvalue weighted by Crippen LogP contribution is -2.22. The van der Waals surface area contributed by atoms with E-state index in [1.807, 2.05) is 6.07 Å². The van der Waals surface area contributed by atoms with Crippen molar-refractivity contribution in [2.24, 2.45) is 0 Å². The lowest BCUT2D eigenvalue weighted by Gasteiger charge is -2.12. The number of carbonyl (C=O) groups excluding carboxylic acids is 1. The molecule has 0 aliphatic carbocycles. The molecule has 1 fully saturated rings. The maximum Gasteiger partial charge on any atom is 0.356 e. The van der Waals surface area contributed by atoms with E-state index in [1.165, 1.54) is 7.11 Å². The van der Waals surface area contributed by atoms with Gasteiger partial charge < -0.3 is 15.4 Å². The third-order valence-corrected chi connectivity index (χ3v) is 2.59. The summed E-state index contributed by atoms with van der Waals surface area (Å²) in [6.45, 7) is 2.02. The monoisotopic (exact) mass is 221 g/mol. The highest BCUT2D eigenvalue weighted by Gasteiger charge is 2.14. The summed E-state index contributed by atoms with van der Waals surface area (Å²) in [5, 5.41) is 6.62. The molecule has 0 bridgehead atoms. The molecule has 16 heavy (non-hydrogen) atoms. The van der Waals surface area contributed by atoms with Crippen molar-refractivity contribution in [1.82, 2.24) is 10.3 Å². The van der Waals surface area contributed by atoms with E-state index in [2.05, 4.69) is 20.4 Å². The van der Waals surface area contributed by atoms with Crippen LogP contribution in [0.25, 0.3) is 0 Å². The first kappa shape index (κ1) is 10.9. The van der Waals surface area contributed by atoms with Crippen LogP contribution in [0, 0.1) is 0 Å². The molecule has 1 aliphatic heterocycles. The van der Waals surface area contributed by atoms with E-state index in [-0.39, 0.29) is 0 Å². The fraction of sp³-hybridized carbons (Fsp3) is 0.455. The van der Waals surface area contributed by atoms with Crippen LogP contribution < -0.4 is 10.6 Å². The summed E-state index contributed by atoms with van der Waals surface area (Å²) in [7, 11) is 1.35. The first-order valence-electron chi connectivity index (χ1n) is 5.31. The molecule has 5 nitrogen and oxygen atoms in total. The number of pyridine rings is 1. The van der Waals surface area contributed by atoms with E-state index >= 15 is 0 Å². The molecule has 5 heteroatoms. The van der Waals surface area contributed by atoms with Gasteiger partial charge in [0, 0.05) is 12.6 Å². The Labute approximate surface area is 94.2 Å². The number of hydrogen-bond donors (Lipinski definition) is 2. The molecule has 1 unspecified atom stereocenters. The standard InChI is InChI=1S/C11H15N3O2/c1-16-11(15)10-3-2-8(7-13-10)14-9-4-5-12-6-9/h2-3,7,9,12,14H,4-6H2,1H3. The molecule has 1 atom stereocenters. The van der Waals surface area contributed by atoms with Crippen LogP contribution in [-0.4, -0.2) is 37.2 Å². The molecule has 2 N–H and O–H groups in total. The number of methoxy groups -OCH3 is 1. The Hall–Kier alpha value is -1.62. The van der Waals surface area contributed by atoms with E-state index in [1.54, 1.807) is 12.3 Å². The largest absolute Gasteiger partial charge is 0.464 e. The minimum Gasteiger partial charge on any atom is -0.464 e. The summed E-state index contributed by atoms with van der Waals surface area (Å²) in [4.78, 5) is 15.2. The predicted octanol–water partition coefficient (Wildman–Crippen LogP) is 0.642. The normalized spacial score (nSPS) is 19.4. The van der Waals surface area contributed by atoms with Crippen molar-refractivity contribution in [2.75, 3.05) is 25.5 Å². The lowest BCUT2D eigenvalue weighted by molar-refractivity contribution is 0.0594. The van der Waals surface area contributed by atoms with Crippen LogP contribution in [0.5, 0.6) is 0 Å². The summed E-state index contributed by atoms with van der Waals surface area (Å²) < 4.78 is 4.58. The molecule has 0 aromatic carbocycles. The average molecular weight is 221 g/mol. The molecule has 1 aromatic heterocycles. The van der Waals surface area contributed by atoms with E-state index in [9.17, 15) is 4.79 Å². The topological polar surface area (TPSA) is 63.2 Å². The highest BCUT2D eigenvalue weighted by Crippen LogP contribution is 2.11. The highest BCUT2D eigenvalue weighted by molar-refractivity contribution is 5.87. The third kappa shape index (κ3) is 2.49. The van der Waals surface area contributed by atoms with E-state index < -0.39 is 5.97 Å². The van der Waals surface area contributed by atoms with Gasteiger partial charge in [-0.1, -0.05) is 0 Å². The third-order valence-electron chi connectivity index (χ3n) is 2.59. The van der Waals surface area contributed by atoms with Crippen molar-refractivity contribution < 1.29 is 9.53 Å². The van der Waals surface area contributed by atoms with Crippen molar-refractivity contribution in [1.29, 1.82) is 0 Å². The molecule has 86 valence electrons. The second-order valence-corrected chi connectivity index (χ2v) is 3.76. The summed E-state index contributed by atoms with van der Waals surface area (Å²) in [6.07, 6.45) is 2.77. The second kappa shape index (κ2) is 4.94. The summed E-state index contributed by atoms with van der Waals surface area (Å²) >= 11 is 0. The molecule has 2 rings (SSSR count). The lowest BCUT2D eigenvalue weighted by atomic mass is 10.2. The van der Waals surface area contributed by atoms with Gasteiger partial charge in [-0.3, -0.25) is 0 Å². The smallest absolute Gasteiger partial charge is 0.356 e. The summed E-state index contributed by atoms with van der Waals surface area (Å²) in [6, 6.07) is 3.96. The Morgan fingerprint density at radius 2 is 2.50 bits per heavy atom. The van der Waals surface area contributed by atoms with Crippen molar-refractivity contribution in [2.45, 2.75) is 12.5 Å². The molecule has 1 aliphatic rings. The first-order valence-corrected chi connectivity index (χ1v) is 5.31. The zero-order chi connectivity index (χ0) is 11.4. The van der Waals surface area contributed by atoms with Gasteiger partial charge in [-0.05, 0) is 25.1 Å². The summed E-state index contributed by atoms with van der Waals surface area (Å²) in [5.74, 6) is -0.408. The minimum atomic E-state index is -0.408. The van der Waals surface area contributed by atoms with Crippen LogP contribution in [0.2, 0.25) is 0 Å². The van der Waals surface area contributed by atoms with Crippen molar-refractivity contribution in [3.63, 3.8) is 0 Å². The van der Waals surface area contributed by atoms with Crippen LogP contribution in [-0.2, 0) is 4.74 Å². The molecular formula is C11H15N3O2. The van der Waals surface area contributed by atoms with Gasteiger partial charge in [-0.25, -0.2) is 9.78 Å². The number of nitrogens with one attached hydrogen (secondary N) is 2. The van der Waals surface area contributed by atoms with Crippen molar-refractivity contribution in [3.8, 4) is 0 Å². The first-order chi connectivity index (χ1) is 7.79. The maximum atomic E-state index is 11.2. The Kier molecular flexibility index (Phi) is 3.36. The van der Waals surface area contributed by atoms with Gasteiger partial charge in [0.15, 0.2) is 0 Å². The quantitative estimate of drug-likeness (QED) is 0.733. The Morgan fingerprint density at radius 3 is 3.06 bits per heavy atom. The average Bonchev–Trinajstić information content (AvgIpc) is 2.82. The van der Waals surface area contributed by atoms with Gasteiger partial charge in [-0.2, -0.15) is 0 Å². The van der Waals surface area contributed by atoms with Gasteiger partial charge in [0.1, 0.15) is 5.69 Å². The van der Waals surface area contributed by atoms with E-state index in [4.69, 9.17) is 0 Å². The summed E-state index contributed by atoms with van der Waals surface area (Å²) in [5.41, 5.74) is 1.26.